The molecule has 0 bridgehead atoms. The molecule has 0 saturated heterocycles. The van der Waals surface area contributed by atoms with Crippen LogP contribution in [0.4, 0.5) is 0 Å². The van der Waals surface area contributed by atoms with Crippen LogP contribution in [-0.4, -0.2) is 29.9 Å². The van der Waals surface area contributed by atoms with Crippen molar-refractivity contribution in [2.45, 2.75) is 58.9 Å². The highest BCUT2D eigenvalue weighted by Crippen LogP contribution is 2.07. The van der Waals surface area contributed by atoms with Crippen molar-refractivity contribution in [3.63, 3.8) is 0 Å². The lowest BCUT2D eigenvalue weighted by molar-refractivity contribution is -0.133. The molecule has 0 unspecified atom stereocenters. The Bertz CT molecular complexity index is 169. The van der Waals surface area contributed by atoms with E-state index in [1.807, 2.05) is 4.90 Å². The van der Waals surface area contributed by atoms with Gasteiger partial charge in [0.1, 0.15) is 0 Å². The number of carbonyl (C=O) groups excluding carboxylic acids is 1. The van der Waals surface area contributed by atoms with Gasteiger partial charge in [0.2, 0.25) is 5.91 Å². The number of hydrogen-bond acceptors (Lipinski definition) is 2. The molecule has 90 valence electrons. The summed E-state index contributed by atoms with van der Waals surface area (Å²) in [4.78, 5) is 13.8. The topological polar surface area (TPSA) is 46.3 Å². The molecule has 1 amide bonds. The summed E-state index contributed by atoms with van der Waals surface area (Å²) in [7, 11) is 0. The summed E-state index contributed by atoms with van der Waals surface area (Å²) >= 11 is 0. The van der Waals surface area contributed by atoms with Crippen LogP contribution in [0.15, 0.2) is 0 Å². The first-order valence-corrected chi connectivity index (χ1v) is 6.13. The predicted molar refractivity (Wildman–Crippen MR) is 64.7 cm³/mol. The molecule has 0 spiro atoms. The van der Waals surface area contributed by atoms with Crippen LogP contribution < -0.4 is 5.73 Å². The molecule has 0 aliphatic heterocycles. The fourth-order valence-electron chi connectivity index (χ4n) is 1.65. The summed E-state index contributed by atoms with van der Waals surface area (Å²) in [6.07, 6.45) is 4.79. The lowest BCUT2D eigenvalue weighted by Crippen LogP contribution is -2.37. The van der Waals surface area contributed by atoms with E-state index in [4.69, 9.17) is 5.73 Å². The Morgan fingerprint density at radius 3 is 2.40 bits per heavy atom. The van der Waals surface area contributed by atoms with E-state index in [9.17, 15) is 4.79 Å². The Kier molecular flexibility index (Phi) is 8.38. The van der Waals surface area contributed by atoms with Gasteiger partial charge in [-0.1, -0.05) is 13.3 Å². The highest BCUT2D eigenvalue weighted by atomic mass is 16.2. The molecular formula is C12H26N2O. The first-order chi connectivity index (χ1) is 7.13. The highest BCUT2D eigenvalue weighted by Gasteiger charge is 2.14. The molecule has 0 aliphatic rings. The third kappa shape index (κ3) is 6.50. The van der Waals surface area contributed by atoms with E-state index in [0.717, 1.165) is 38.8 Å². The van der Waals surface area contributed by atoms with Crippen molar-refractivity contribution in [2.24, 2.45) is 5.73 Å². The van der Waals surface area contributed by atoms with Gasteiger partial charge in [0, 0.05) is 19.0 Å². The van der Waals surface area contributed by atoms with E-state index >= 15 is 0 Å². The normalized spacial score (nSPS) is 10.7. The van der Waals surface area contributed by atoms with Crippen LogP contribution in [0.1, 0.15) is 52.9 Å². The van der Waals surface area contributed by atoms with Crippen molar-refractivity contribution >= 4 is 5.91 Å². The first kappa shape index (κ1) is 14.4. The highest BCUT2D eigenvalue weighted by molar-refractivity contribution is 5.76. The smallest absolute Gasteiger partial charge is 0.222 e. The molecule has 15 heavy (non-hydrogen) atoms. The third-order valence-corrected chi connectivity index (χ3v) is 2.50. The van der Waals surface area contributed by atoms with Gasteiger partial charge in [0.05, 0.1) is 0 Å². The lowest BCUT2D eigenvalue weighted by Gasteiger charge is -2.26. The van der Waals surface area contributed by atoms with Gasteiger partial charge in [0.25, 0.3) is 0 Å². The average molecular weight is 214 g/mol. The van der Waals surface area contributed by atoms with Gasteiger partial charge >= 0.3 is 0 Å². The molecule has 0 aromatic rings. The van der Waals surface area contributed by atoms with Crippen LogP contribution in [-0.2, 0) is 4.79 Å². The standard InChI is InChI=1S/C12H26N2O/c1-4-10-14(11(2)3)12(15)8-6-5-7-9-13/h11H,4-10,13H2,1-3H3. The van der Waals surface area contributed by atoms with Gasteiger partial charge in [0.15, 0.2) is 0 Å². The number of hydrogen-bond donors (Lipinski definition) is 1. The maximum absolute atomic E-state index is 11.8. The zero-order valence-corrected chi connectivity index (χ0v) is 10.5. The molecule has 0 rings (SSSR count). The minimum absolute atomic E-state index is 0.295. The lowest BCUT2D eigenvalue weighted by atomic mass is 10.1. The van der Waals surface area contributed by atoms with Crippen molar-refractivity contribution < 1.29 is 4.79 Å². The first-order valence-electron chi connectivity index (χ1n) is 6.13. The van der Waals surface area contributed by atoms with Crippen molar-refractivity contribution in [3.8, 4) is 0 Å². The maximum atomic E-state index is 11.8. The fraction of sp³-hybridized carbons (Fsp3) is 0.917. The molecule has 0 radical (unpaired) electrons. The Morgan fingerprint density at radius 1 is 1.27 bits per heavy atom. The average Bonchev–Trinajstić information content (AvgIpc) is 2.20. The molecule has 0 fully saturated rings. The molecule has 0 saturated carbocycles. The van der Waals surface area contributed by atoms with Crippen molar-refractivity contribution in [1.82, 2.24) is 4.90 Å². The monoisotopic (exact) mass is 214 g/mol. The van der Waals surface area contributed by atoms with E-state index in [1.165, 1.54) is 0 Å². The molecule has 0 atom stereocenters. The van der Waals surface area contributed by atoms with Gasteiger partial charge in [-0.15, -0.1) is 0 Å². The van der Waals surface area contributed by atoms with Crippen LogP contribution in [0.5, 0.6) is 0 Å². The third-order valence-electron chi connectivity index (χ3n) is 2.50. The largest absolute Gasteiger partial charge is 0.340 e. The quantitative estimate of drug-likeness (QED) is 0.629. The second kappa shape index (κ2) is 8.72. The van der Waals surface area contributed by atoms with E-state index in [-0.39, 0.29) is 0 Å². The Balaban J connectivity index is 3.82. The van der Waals surface area contributed by atoms with Gasteiger partial charge in [-0.25, -0.2) is 0 Å². The Labute approximate surface area is 94.0 Å². The predicted octanol–water partition coefficient (Wildman–Crippen LogP) is 2.15. The summed E-state index contributed by atoms with van der Waals surface area (Å²) in [6.45, 7) is 7.88. The zero-order valence-electron chi connectivity index (χ0n) is 10.5. The Morgan fingerprint density at radius 2 is 1.93 bits per heavy atom. The zero-order chi connectivity index (χ0) is 11.7. The molecule has 2 N–H and O–H groups in total. The van der Waals surface area contributed by atoms with E-state index in [0.29, 0.717) is 18.4 Å². The van der Waals surface area contributed by atoms with Crippen LogP contribution >= 0.6 is 0 Å². The van der Waals surface area contributed by atoms with Gasteiger partial charge in [-0.05, 0) is 39.7 Å². The summed E-state index contributed by atoms with van der Waals surface area (Å²) in [5, 5.41) is 0. The summed E-state index contributed by atoms with van der Waals surface area (Å²) < 4.78 is 0. The van der Waals surface area contributed by atoms with Gasteiger partial charge < -0.3 is 10.6 Å². The molecule has 0 heterocycles. The second-order valence-corrected chi connectivity index (χ2v) is 4.28. The number of unbranched alkanes of at least 4 members (excludes halogenated alkanes) is 2. The van der Waals surface area contributed by atoms with Crippen LogP contribution in [0.3, 0.4) is 0 Å². The molecule has 0 aromatic carbocycles. The number of nitrogens with two attached hydrogens (primary N) is 1. The molecule has 0 aromatic heterocycles. The molecule has 3 nitrogen and oxygen atoms in total. The van der Waals surface area contributed by atoms with Crippen LogP contribution in [0, 0.1) is 0 Å². The minimum atomic E-state index is 0.295. The maximum Gasteiger partial charge on any atom is 0.222 e. The van der Waals surface area contributed by atoms with E-state index in [2.05, 4.69) is 20.8 Å². The summed E-state index contributed by atoms with van der Waals surface area (Å²) in [6, 6.07) is 0.326. The van der Waals surface area contributed by atoms with E-state index < -0.39 is 0 Å². The van der Waals surface area contributed by atoms with E-state index in [1.54, 1.807) is 0 Å². The summed E-state index contributed by atoms with van der Waals surface area (Å²) in [5.74, 6) is 0.295. The van der Waals surface area contributed by atoms with Gasteiger partial charge in [-0.2, -0.15) is 0 Å². The number of amides is 1. The number of carbonyl (C=O) groups is 1. The van der Waals surface area contributed by atoms with Crippen molar-refractivity contribution in [2.75, 3.05) is 13.1 Å². The van der Waals surface area contributed by atoms with Crippen molar-refractivity contribution in [1.29, 1.82) is 0 Å². The Hall–Kier alpha value is -0.570. The van der Waals surface area contributed by atoms with Crippen LogP contribution in [0.2, 0.25) is 0 Å². The van der Waals surface area contributed by atoms with Crippen molar-refractivity contribution in [3.05, 3.63) is 0 Å². The fourth-order valence-corrected chi connectivity index (χ4v) is 1.65. The molecule has 3 heteroatoms. The number of nitrogens with zero attached hydrogens (tertiary/aromatic N) is 1. The number of rotatable bonds is 8. The molecule has 0 aliphatic carbocycles. The minimum Gasteiger partial charge on any atom is -0.340 e. The second-order valence-electron chi connectivity index (χ2n) is 4.28. The van der Waals surface area contributed by atoms with Crippen LogP contribution in [0.25, 0.3) is 0 Å². The van der Waals surface area contributed by atoms with Gasteiger partial charge in [-0.3, -0.25) is 4.79 Å². The molecular weight excluding hydrogens is 188 g/mol. The summed E-state index contributed by atoms with van der Waals surface area (Å²) in [5.41, 5.74) is 5.41. The SMILES string of the molecule is CCCN(C(=O)CCCCCN)C(C)C.